The second-order valence-corrected chi connectivity index (χ2v) is 5.08. The summed E-state index contributed by atoms with van der Waals surface area (Å²) in [5.74, 6) is -7.12. The van der Waals surface area contributed by atoms with Gasteiger partial charge in [-0.05, 0) is 13.8 Å². The number of hydrogen-bond donors (Lipinski definition) is 0. The third-order valence-corrected chi connectivity index (χ3v) is 2.98. The van der Waals surface area contributed by atoms with Crippen LogP contribution in [0.15, 0.2) is 0 Å². The molecule has 0 aromatic rings. The van der Waals surface area contributed by atoms with Gasteiger partial charge in [0.15, 0.2) is 0 Å². The largest absolute Gasteiger partial charge is 0.462 e. The van der Waals surface area contributed by atoms with Crippen molar-refractivity contribution >= 4 is 0 Å². The standard InChI is InChI=1S/C10H9F13O2/c1-4(2,5(11,7(14,15)16)9(20,21)24-3)25-10(22,23)6(12,13)8(17,18)19/h1-3H3. The van der Waals surface area contributed by atoms with Crippen LogP contribution in [0.25, 0.3) is 0 Å². The molecule has 0 aliphatic carbocycles. The Balaban J connectivity index is 6.28. The molecule has 1 unspecified atom stereocenters. The van der Waals surface area contributed by atoms with Crippen LogP contribution in [0, 0.1) is 0 Å². The third-order valence-electron chi connectivity index (χ3n) is 2.98. The number of methoxy groups -OCH3 is 1. The number of rotatable bonds is 6. The SMILES string of the molecule is COC(F)(F)C(F)(C(F)(F)F)C(C)(C)OC(F)(F)C(F)(F)C(F)(F)F. The first-order valence-corrected chi connectivity index (χ1v) is 5.73. The van der Waals surface area contributed by atoms with Crippen molar-refractivity contribution < 1.29 is 66.5 Å². The second-order valence-electron chi connectivity index (χ2n) is 5.08. The van der Waals surface area contributed by atoms with Crippen LogP contribution in [-0.2, 0) is 9.47 Å². The minimum absolute atomic E-state index is 0.196. The maximum absolute atomic E-state index is 14.1. The summed E-state index contributed by atoms with van der Waals surface area (Å²) >= 11 is 0. The fourth-order valence-electron chi connectivity index (χ4n) is 1.62. The zero-order valence-corrected chi connectivity index (χ0v) is 12.2. The van der Waals surface area contributed by atoms with E-state index in [2.05, 4.69) is 9.47 Å². The van der Waals surface area contributed by atoms with E-state index < -0.39 is 55.6 Å². The van der Waals surface area contributed by atoms with Gasteiger partial charge in [-0.1, -0.05) is 0 Å². The van der Waals surface area contributed by atoms with E-state index in [1.165, 1.54) is 0 Å². The van der Waals surface area contributed by atoms with Crippen LogP contribution in [-0.4, -0.2) is 48.9 Å². The molecule has 0 aliphatic rings. The molecular formula is C10H9F13O2. The summed E-state index contributed by atoms with van der Waals surface area (Å²) in [6, 6.07) is 0. The van der Waals surface area contributed by atoms with Crippen LogP contribution < -0.4 is 0 Å². The van der Waals surface area contributed by atoms with E-state index in [4.69, 9.17) is 0 Å². The zero-order valence-electron chi connectivity index (χ0n) is 12.2. The molecule has 0 saturated carbocycles. The van der Waals surface area contributed by atoms with Crippen molar-refractivity contribution in [3.05, 3.63) is 0 Å². The van der Waals surface area contributed by atoms with Crippen molar-refractivity contribution in [1.82, 2.24) is 0 Å². The molecule has 152 valence electrons. The Labute approximate surface area is 130 Å². The number of halogens is 13. The molecule has 0 rings (SSSR count). The van der Waals surface area contributed by atoms with E-state index in [-0.39, 0.29) is 7.11 Å². The second kappa shape index (κ2) is 6.03. The summed E-state index contributed by atoms with van der Waals surface area (Å²) in [6.45, 7) is -1.04. The van der Waals surface area contributed by atoms with Crippen LogP contribution in [0.5, 0.6) is 0 Å². The summed E-state index contributed by atoms with van der Waals surface area (Å²) < 4.78 is 172. The average molecular weight is 408 g/mol. The number of ether oxygens (including phenoxy) is 2. The van der Waals surface area contributed by atoms with Gasteiger partial charge in [-0.25, -0.2) is 4.39 Å². The summed E-state index contributed by atoms with van der Waals surface area (Å²) in [4.78, 5) is 0. The smallest absolute Gasteiger partial charge is 0.321 e. The normalized spacial score (nSPS) is 18.2. The van der Waals surface area contributed by atoms with Crippen molar-refractivity contribution in [1.29, 1.82) is 0 Å². The molecule has 0 aromatic heterocycles. The molecule has 0 radical (unpaired) electrons. The average Bonchev–Trinajstić information content (AvgIpc) is 2.33. The summed E-state index contributed by atoms with van der Waals surface area (Å²) in [5.41, 5.74) is -10.9. The number of hydrogen-bond acceptors (Lipinski definition) is 2. The van der Waals surface area contributed by atoms with Crippen LogP contribution in [0.2, 0.25) is 0 Å². The van der Waals surface area contributed by atoms with E-state index in [1.54, 1.807) is 0 Å². The highest BCUT2D eigenvalue weighted by molar-refractivity contribution is 5.08. The van der Waals surface area contributed by atoms with Gasteiger partial charge in [0.2, 0.25) is 0 Å². The van der Waals surface area contributed by atoms with E-state index in [9.17, 15) is 57.1 Å². The molecule has 0 fully saturated rings. The van der Waals surface area contributed by atoms with E-state index in [0.29, 0.717) is 0 Å². The predicted molar refractivity (Wildman–Crippen MR) is 53.0 cm³/mol. The van der Waals surface area contributed by atoms with Crippen molar-refractivity contribution in [3.8, 4) is 0 Å². The third kappa shape index (κ3) is 3.61. The van der Waals surface area contributed by atoms with Crippen LogP contribution in [0.4, 0.5) is 57.1 Å². The molecule has 0 aromatic carbocycles. The molecule has 0 spiro atoms. The Kier molecular flexibility index (Phi) is 5.79. The number of alkyl halides is 13. The lowest BCUT2D eigenvalue weighted by molar-refractivity contribution is -0.478. The highest BCUT2D eigenvalue weighted by Gasteiger charge is 2.83. The van der Waals surface area contributed by atoms with Crippen LogP contribution in [0.1, 0.15) is 13.8 Å². The van der Waals surface area contributed by atoms with Gasteiger partial charge in [-0.2, -0.15) is 52.7 Å². The highest BCUT2D eigenvalue weighted by Crippen LogP contribution is 2.56. The quantitative estimate of drug-likeness (QED) is 0.571. The monoisotopic (exact) mass is 408 g/mol. The molecule has 0 saturated heterocycles. The lowest BCUT2D eigenvalue weighted by Crippen LogP contribution is -2.71. The van der Waals surface area contributed by atoms with Crippen LogP contribution in [0.3, 0.4) is 0 Å². The van der Waals surface area contributed by atoms with Gasteiger partial charge in [0, 0.05) is 7.11 Å². The van der Waals surface area contributed by atoms with Crippen molar-refractivity contribution in [2.24, 2.45) is 0 Å². The van der Waals surface area contributed by atoms with Gasteiger partial charge in [0.1, 0.15) is 5.60 Å². The van der Waals surface area contributed by atoms with Crippen LogP contribution >= 0.6 is 0 Å². The van der Waals surface area contributed by atoms with Gasteiger partial charge < -0.3 is 9.47 Å². The summed E-state index contributed by atoms with van der Waals surface area (Å²) in [6.07, 6.45) is -26.6. The zero-order chi connectivity index (χ0) is 20.9. The molecule has 1 atom stereocenters. The Morgan fingerprint density at radius 2 is 0.920 bits per heavy atom. The minimum atomic E-state index is -7.12. The summed E-state index contributed by atoms with van der Waals surface area (Å²) in [5, 5.41) is 0. The molecule has 0 N–H and O–H groups in total. The molecule has 2 nitrogen and oxygen atoms in total. The predicted octanol–water partition coefficient (Wildman–Crippen LogP) is 5.08. The maximum Gasteiger partial charge on any atom is 0.462 e. The van der Waals surface area contributed by atoms with Crippen molar-refractivity contribution in [2.75, 3.05) is 7.11 Å². The van der Waals surface area contributed by atoms with E-state index in [0.717, 1.165) is 0 Å². The molecule has 15 heteroatoms. The van der Waals surface area contributed by atoms with E-state index in [1.807, 2.05) is 0 Å². The fourth-order valence-corrected chi connectivity index (χ4v) is 1.62. The Bertz CT molecular complexity index is 478. The van der Waals surface area contributed by atoms with Gasteiger partial charge >= 0.3 is 36.2 Å². The first-order chi connectivity index (χ1) is 10.5. The first-order valence-electron chi connectivity index (χ1n) is 5.73. The van der Waals surface area contributed by atoms with Gasteiger partial charge in [-0.15, -0.1) is 0 Å². The first kappa shape index (κ1) is 24.0. The Hall–Kier alpha value is -0.990. The van der Waals surface area contributed by atoms with Crippen molar-refractivity contribution in [3.63, 3.8) is 0 Å². The molecular weight excluding hydrogens is 399 g/mol. The molecule has 0 heterocycles. The highest BCUT2D eigenvalue weighted by atomic mass is 19.4. The lowest BCUT2D eigenvalue weighted by Gasteiger charge is -2.45. The van der Waals surface area contributed by atoms with Gasteiger partial charge in [0.05, 0.1) is 0 Å². The molecule has 25 heavy (non-hydrogen) atoms. The fraction of sp³-hybridized carbons (Fsp3) is 1.00. The topological polar surface area (TPSA) is 18.5 Å². The maximum atomic E-state index is 14.1. The minimum Gasteiger partial charge on any atom is -0.321 e. The molecule has 0 aliphatic heterocycles. The van der Waals surface area contributed by atoms with Gasteiger partial charge in [-0.3, -0.25) is 0 Å². The molecule has 0 amide bonds. The Morgan fingerprint density at radius 1 is 0.560 bits per heavy atom. The Morgan fingerprint density at radius 3 is 1.16 bits per heavy atom. The summed E-state index contributed by atoms with van der Waals surface area (Å²) in [7, 11) is -0.196. The van der Waals surface area contributed by atoms with Gasteiger partial charge in [0.25, 0.3) is 0 Å². The molecule has 0 bridgehead atoms. The van der Waals surface area contributed by atoms with Crippen molar-refractivity contribution in [2.45, 2.75) is 55.6 Å². The van der Waals surface area contributed by atoms with E-state index >= 15 is 0 Å². The lowest BCUT2D eigenvalue weighted by atomic mass is 9.85.